The highest BCUT2D eigenvalue weighted by molar-refractivity contribution is 4.71. The molecule has 0 aromatic rings. The molecule has 0 aliphatic rings. The molecular weight excluding hydrogens is 422 g/mol. The van der Waals surface area contributed by atoms with Gasteiger partial charge in [0.05, 0.1) is 0 Å². The second-order valence-electron chi connectivity index (χ2n) is 9.80. The van der Waals surface area contributed by atoms with Crippen LogP contribution in [0, 0.1) is 23.7 Å². The van der Waals surface area contributed by atoms with Crippen molar-refractivity contribution in [3.63, 3.8) is 0 Å². The first-order valence-corrected chi connectivity index (χ1v) is 11.4. The van der Waals surface area contributed by atoms with E-state index in [0.717, 1.165) is 32.1 Å². The number of rotatable bonds is 16. The zero-order valence-corrected chi connectivity index (χ0v) is 20.0. The molecule has 0 rings (SSSR count). The molecule has 0 aliphatic carbocycles. The van der Waals surface area contributed by atoms with Gasteiger partial charge in [-0.15, -0.1) is 0 Å². The average Bonchev–Trinajstić information content (AvgIpc) is 2.61. The van der Waals surface area contributed by atoms with E-state index in [9.17, 15) is 26.3 Å². The van der Waals surface area contributed by atoms with Crippen molar-refractivity contribution in [1.82, 2.24) is 0 Å². The van der Waals surface area contributed by atoms with Gasteiger partial charge in [0, 0.05) is 6.42 Å². The van der Waals surface area contributed by atoms with Gasteiger partial charge in [-0.05, 0) is 37.0 Å². The molecule has 0 fully saturated rings. The van der Waals surface area contributed by atoms with Crippen molar-refractivity contribution in [3.05, 3.63) is 0 Å². The van der Waals surface area contributed by atoms with Crippen LogP contribution < -0.4 is 0 Å². The first-order chi connectivity index (χ1) is 14.0. The van der Waals surface area contributed by atoms with Crippen LogP contribution in [0.5, 0.6) is 0 Å². The molecule has 0 aliphatic heterocycles. The van der Waals surface area contributed by atoms with E-state index in [1.807, 2.05) is 6.92 Å². The predicted molar refractivity (Wildman–Crippen MR) is 112 cm³/mol. The van der Waals surface area contributed by atoms with Gasteiger partial charge in [-0.2, -0.15) is 26.3 Å². The largest absolute Gasteiger partial charge is 0.411 e. The molecule has 0 N–H and O–H groups in total. The summed E-state index contributed by atoms with van der Waals surface area (Å²) in [5, 5.41) is 0. The molecule has 0 saturated carbocycles. The minimum absolute atomic E-state index is 0.0315. The molecule has 2 nitrogen and oxygen atoms in total. The van der Waals surface area contributed by atoms with Gasteiger partial charge in [-0.25, -0.2) is 0 Å². The summed E-state index contributed by atoms with van der Waals surface area (Å²) in [5.41, 5.74) is 0. The minimum Gasteiger partial charge on any atom is -0.341 e. The Hall–Kier alpha value is -0.500. The fourth-order valence-corrected chi connectivity index (χ4v) is 3.52. The lowest BCUT2D eigenvalue weighted by atomic mass is 9.85. The minimum atomic E-state index is -4.63. The van der Waals surface area contributed by atoms with Crippen LogP contribution in [0.25, 0.3) is 0 Å². The summed E-state index contributed by atoms with van der Waals surface area (Å²) in [6.45, 7) is 8.64. The Morgan fingerprint density at radius 2 is 1.03 bits per heavy atom. The van der Waals surface area contributed by atoms with E-state index in [2.05, 4.69) is 27.7 Å². The summed E-state index contributed by atoms with van der Waals surface area (Å²) in [5.74, 6) is -0.0869. The van der Waals surface area contributed by atoms with Gasteiger partial charge in [-0.3, -0.25) is 0 Å². The monoisotopic (exact) mass is 464 g/mol. The van der Waals surface area contributed by atoms with Crippen LogP contribution in [-0.4, -0.2) is 31.4 Å². The molecular formula is C23H42F6O2. The Bertz CT molecular complexity index is 444. The molecule has 0 heterocycles. The van der Waals surface area contributed by atoms with Gasteiger partial charge < -0.3 is 9.47 Å². The first-order valence-electron chi connectivity index (χ1n) is 11.4. The fraction of sp³-hybridized carbons (Fsp3) is 1.00. The van der Waals surface area contributed by atoms with Crippen molar-refractivity contribution in [3.8, 4) is 0 Å². The number of hydrogen-bond donors (Lipinski definition) is 0. The molecule has 0 amide bonds. The normalized spacial score (nSPS) is 16.5. The summed E-state index contributed by atoms with van der Waals surface area (Å²) in [6, 6.07) is 0. The zero-order valence-electron chi connectivity index (χ0n) is 20.0. The third-order valence-corrected chi connectivity index (χ3v) is 5.94. The first kappa shape index (κ1) is 30.5. The Morgan fingerprint density at radius 3 is 1.45 bits per heavy atom. The highest BCUT2D eigenvalue weighted by atomic mass is 19.4. The van der Waals surface area contributed by atoms with E-state index in [0.29, 0.717) is 18.3 Å². The maximum atomic E-state index is 12.5. The Kier molecular flexibility index (Phi) is 13.7. The zero-order chi connectivity index (χ0) is 24.3. The molecule has 0 spiro atoms. The van der Waals surface area contributed by atoms with Crippen molar-refractivity contribution < 1.29 is 35.8 Å². The van der Waals surface area contributed by atoms with E-state index in [1.165, 1.54) is 19.3 Å². The molecule has 0 saturated heterocycles. The van der Waals surface area contributed by atoms with Gasteiger partial charge in [0.2, 0.25) is 0 Å². The summed E-state index contributed by atoms with van der Waals surface area (Å²) < 4.78 is 84.5. The molecule has 31 heavy (non-hydrogen) atoms. The smallest absolute Gasteiger partial charge is 0.341 e. The van der Waals surface area contributed by atoms with Gasteiger partial charge in [0.1, 0.15) is 13.2 Å². The Balaban J connectivity index is 4.48. The van der Waals surface area contributed by atoms with Gasteiger partial charge in [0.15, 0.2) is 5.79 Å². The standard InChI is InChI=1S/C23H42F6O2/c1-17(2)9-7-10-18(3)11-8-12-19(4)20(5)13-14-21(6,30-15-22(24,25)26)31-16-23(27,28)29/h17-20H,7-16H2,1-6H3/t18?,19?,20-/m0/s1. The van der Waals surface area contributed by atoms with Crippen molar-refractivity contribution >= 4 is 0 Å². The summed E-state index contributed by atoms with van der Waals surface area (Å²) >= 11 is 0. The highest BCUT2D eigenvalue weighted by Crippen LogP contribution is 2.31. The maximum Gasteiger partial charge on any atom is 0.411 e. The topological polar surface area (TPSA) is 18.5 Å². The molecule has 3 atom stereocenters. The molecule has 0 aromatic carbocycles. The summed E-state index contributed by atoms with van der Waals surface area (Å²) in [6.07, 6.45) is -1.98. The van der Waals surface area contributed by atoms with Crippen molar-refractivity contribution in [2.75, 3.05) is 13.2 Å². The van der Waals surface area contributed by atoms with Crippen LogP contribution >= 0.6 is 0 Å². The SMILES string of the molecule is CC(C)CCCC(C)CCCC(C)[C@@H](C)CCC(C)(OCC(F)(F)F)OCC(F)(F)F. The van der Waals surface area contributed by atoms with Crippen LogP contribution in [-0.2, 0) is 9.47 Å². The lowest BCUT2D eigenvalue weighted by molar-refractivity contribution is -0.306. The average molecular weight is 465 g/mol. The number of halogens is 6. The summed E-state index contributed by atoms with van der Waals surface area (Å²) in [7, 11) is 0. The highest BCUT2D eigenvalue weighted by Gasteiger charge is 2.38. The van der Waals surface area contributed by atoms with E-state index in [1.54, 1.807) is 0 Å². The molecule has 2 unspecified atom stereocenters. The number of hydrogen-bond acceptors (Lipinski definition) is 2. The lowest BCUT2D eigenvalue weighted by Crippen LogP contribution is -2.39. The third kappa shape index (κ3) is 17.7. The Labute approximate surface area is 184 Å². The second kappa shape index (κ2) is 13.9. The predicted octanol–water partition coefficient (Wildman–Crippen LogP) is 8.55. The van der Waals surface area contributed by atoms with Crippen molar-refractivity contribution in [2.24, 2.45) is 23.7 Å². The van der Waals surface area contributed by atoms with Crippen LogP contribution in [0.2, 0.25) is 0 Å². The van der Waals surface area contributed by atoms with Crippen LogP contribution in [0.1, 0.15) is 92.9 Å². The van der Waals surface area contributed by atoms with Crippen LogP contribution in [0.3, 0.4) is 0 Å². The molecule has 0 aromatic heterocycles. The van der Waals surface area contributed by atoms with E-state index < -0.39 is 31.4 Å². The Morgan fingerprint density at radius 1 is 0.613 bits per heavy atom. The van der Waals surface area contributed by atoms with Crippen LogP contribution in [0.4, 0.5) is 26.3 Å². The van der Waals surface area contributed by atoms with E-state index >= 15 is 0 Å². The van der Waals surface area contributed by atoms with Crippen LogP contribution in [0.15, 0.2) is 0 Å². The van der Waals surface area contributed by atoms with E-state index in [4.69, 9.17) is 9.47 Å². The van der Waals surface area contributed by atoms with Gasteiger partial charge >= 0.3 is 12.4 Å². The van der Waals surface area contributed by atoms with Crippen molar-refractivity contribution in [2.45, 2.75) is 111 Å². The molecule has 0 radical (unpaired) electrons. The van der Waals surface area contributed by atoms with Gasteiger partial charge in [0.25, 0.3) is 0 Å². The van der Waals surface area contributed by atoms with Gasteiger partial charge in [-0.1, -0.05) is 73.1 Å². The summed E-state index contributed by atoms with van der Waals surface area (Å²) in [4.78, 5) is 0. The third-order valence-electron chi connectivity index (χ3n) is 5.94. The second-order valence-corrected chi connectivity index (χ2v) is 9.80. The van der Waals surface area contributed by atoms with Crippen molar-refractivity contribution in [1.29, 1.82) is 0 Å². The molecule has 8 heteroatoms. The quantitative estimate of drug-likeness (QED) is 0.168. The number of alkyl halides is 6. The number of ether oxygens (including phenoxy) is 2. The van der Waals surface area contributed by atoms with E-state index in [-0.39, 0.29) is 12.3 Å². The molecule has 0 bridgehead atoms. The fourth-order valence-electron chi connectivity index (χ4n) is 3.52. The lowest BCUT2D eigenvalue weighted by Gasteiger charge is -2.32. The molecule has 188 valence electrons. The maximum absolute atomic E-state index is 12.5.